The lowest BCUT2D eigenvalue weighted by molar-refractivity contribution is -0.132. The molecular formula is C20H42O2Si. The van der Waals surface area contributed by atoms with Crippen LogP contribution in [0, 0.1) is 0 Å². The first-order valence-electron chi connectivity index (χ1n) is 10.3. The molecule has 0 rings (SSSR count). The number of hydrogen-bond acceptors (Lipinski definition) is 2. The summed E-state index contributed by atoms with van der Waals surface area (Å²) < 4.78 is 6.08. The Kier molecular flexibility index (Phi) is 15.0. The summed E-state index contributed by atoms with van der Waals surface area (Å²) in [5.74, 6) is -0.0295. The predicted octanol–water partition coefficient (Wildman–Crippen LogP) is 7.24. The zero-order valence-electron chi connectivity index (χ0n) is 16.4. The zero-order valence-corrected chi connectivity index (χ0v) is 17.4. The van der Waals surface area contributed by atoms with Gasteiger partial charge >= 0.3 is 0 Å². The van der Waals surface area contributed by atoms with Crippen molar-refractivity contribution < 1.29 is 9.22 Å². The Bertz CT molecular complexity index is 248. The second-order valence-corrected chi connectivity index (χ2v) is 11.3. The first-order chi connectivity index (χ1) is 11.1. The van der Waals surface area contributed by atoms with E-state index >= 15 is 0 Å². The summed E-state index contributed by atoms with van der Waals surface area (Å²) in [5, 5.41) is 0. The molecule has 3 heteroatoms. The van der Waals surface area contributed by atoms with E-state index in [0.29, 0.717) is 0 Å². The summed E-state index contributed by atoms with van der Waals surface area (Å²) in [7, 11) is -1.86. The van der Waals surface area contributed by atoms with Gasteiger partial charge in [0.25, 0.3) is 14.3 Å². The lowest BCUT2D eigenvalue weighted by atomic mass is 10.2. The lowest BCUT2D eigenvalue weighted by Crippen LogP contribution is -2.39. The van der Waals surface area contributed by atoms with Crippen LogP contribution >= 0.6 is 0 Å². The van der Waals surface area contributed by atoms with Gasteiger partial charge in [-0.1, -0.05) is 97.8 Å². The maximum atomic E-state index is 11.7. The highest BCUT2D eigenvalue weighted by molar-refractivity contribution is 6.75. The van der Waals surface area contributed by atoms with E-state index in [0.717, 1.165) is 0 Å². The van der Waals surface area contributed by atoms with Gasteiger partial charge in [0.05, 0.1) is 0 Å². The van der Waals surface area contributed by atoms with Crippen molar-refractivity contribution >= 4 is 14.3 Å². The van der Waals surface area contributed by atoms with Crippen molar-refractivity contribution in [3.05, 3.63) is 0 Å². The maximum Gasteiger partial charge on any atom is 0.289 e. The van der Waals surface area contributed by atoms with Gasteiger partial charge in [-0.05, 0) is 18.1 Å². The molecule has 0 aromatic rings. The van der Waals surface area contributed by atoms with Crippen LogP contribution in [0.4, 0.5) is 0 Å². The van der Waals surface area contributed by atoms with Crippen molar-refractivity contribution in [2.24, 2.45) is 0 Å². The minimum Gasteiger partial charge on any atom is -0.519 e. The molecule has 0 aliphatic heterocycles. The Morgan fingerprint density at radius 1 is 0.652 bits per heavy atom. The van der Waals surface area contributed by atoms with E-state index in [-0.39, 0.29) is 5.97 Å². The quantitative estimate of drug-likeness (QED) is 0.218. The summed E-state index contributed by atoms with van der Waals surface area (Å²) in [6.45, 7) is 8.39. The molecular weight excluding hydrogens is 300 g/mol. The summed E-state index contributed by atoms with van der Waals surface area (Å²) in [5.41, 5.74) is 0. The Morgan fingerprint density at radius 2 is 1.00 bits per heavy atom. The van der Waals surface area contributed by atoms with Crippen molar-refractivity contribution in [3.63, 3.8) is 0 Å². The van der Waals surface area contributed by atoms with Crippen molar-refractivity contribution in [1.82, 2.24) is 0 Å². The van der Waals surface area contributed by atoms with Gasteiger partial charge in [-0.15, -0.1) is 0 Å². The van der Waals surface area contributed by atoms with Crippen LogP contribution in [0.1, 0.15) is 105 Å². The topological polar surface area (TPSA) is 26.3 Å². The van der Waals surface area contributed by atoms with Crippen LogP contribution in [-0.2, 0) is 9.22 Å². The van der Waals surface area contributed by atoms with Gasteiger partial charge in [-0.2, -0.15) is 0 Å². The Balaban J connectivity index is 4.61. The summed E-state index contributed by atoms with van der Waals surface area (Å²) in [6, 6.07) is 3.60. The molecule has 2 nitrogen and oxygen atoms in total. The van der Waals surface area contributed by atoms with Gasteiger partial charge in [0.1, 0.15) is 0 Å². The summed E-state index contributed by atoms with van der Waals surface area (Å²) in [6.07, 6.45) is 15.4. The van der Waals surface area contributed by atoms with Crippen LogP contribution in [-0.4, -0.2) is 14.3 Å². The van der Waals surface area contributed by atoms with Gasteiger partial charge < -0.3 is 4.43 Å². The van der Waals surface area contributed by atoms with Crippen LogP contribution in [0.3, 0.4) is 0 Å². The van der Waals surface area contributed by atoms with Gasteiger partial charge in [0.2, 0.25) is 0 Å². The van der Waals surface area contributed by atoms with Crippen molar-refractivity contribution in [2.75, 3.05) is 0 Å². The normalized spacial score (nSPS) is 11.7. The van der Waals surface area contributed by atoms with E-state index in [2.05, 4.69) is 20.8 Å². The average Bonchev–Trinajstić information content (AvgIpc) is 2.52. The van der Waals surface area contributed by atoms with Crippen molar-refractivity contribution in [3.8, 4) is 0 Å². The average molecular weight is 343 g/mol. The number of carbonyl (C=O) groups excluding carboxylic acids is 1. The van der Waals surface area contributed by atoms with E-state index in [1.54, 1.807) is 6.92 Å². The van der Waals surface area contributed by atoms with Crippen LogP contribution in [0.5, 0.6) is 0 Å². The molecule has 0 spiro atoms. The van der Waals surface area contributed by atoms with E-state index in [4.69, 9.17) is 4.43 Å². The van der Waals surface area contributed by atoms with Crippen LogP contribution in [0.25, 0.3) is 0 Å². The monoisotopic (exact) mass is 342 g/mol. The third-order valence-electron chi connectivity index (χ3n) is 4.82. The molecule has 0 saturated heterocycles. The Morgan fingerprint density at radius 3 is 1.26 bits per heavy atom. The molecule has 0 atom stereocenters. The molecule has 0 aliphatic carbocycles. The smallest absolute Gasteiger partial charge is 0.289 e. The minimum absolute atomic E-state index is 0.0295. The highest BCUT2D eigenvalue weighted by Gasteiger charge is 2.36. The van der Waals surface area contributed by atoms with E-state index < -0.39 is 8.32 Å². The number of hydrogen-bond donors (Lipinski definition) is 0. The first kappa shape index (κ1) is 22.7. The van der Waals surface area contributed by atoms with Gasteiger partial charge in [0.15, 0.2) is 0 Å². The van der Waals surface area contributed by atoms with E-state index in [1.165, 1.54) is 95.2 Å². The number of unbranched alkanes of at least 4 members (excludes halogenated alkanes) is 9. The van der Waals surface area contributed by atoms with Gasteiger partial charge in [-0.25, -0.2) is 0 Å². The molecule has 138 valence electrons. The fourth-order valence-corrected chi connectivity index (χ4v) is 7.80. The summed E-state index contributed by atoms with van der Waals surface area (Å²) >= 11 is 0. The summed E-state index contributed by atoms with van der Waals surface area (Å²) in [4.78, 5) is 11.7. The minimum atomic E-state index is -1.86. The molecule has 0 fully saturated rings. The fraction of sp³-hybridized carbons (Fsp3) is 0.950. The molecule has 0 N–H and O–H groups in total. The molecule has 0 saturated carbocycles. The largest absolute Gasteiger partial charge is 0.519 e. The van der Waals surface area contributed by atoms with Crippen LogP contribution in [0.15, 0.2) is 0 Å². The maximum absolute atomic E-state index is 11.7. The highest BCUT2D eigenvalue weighted by Crippen LogP contribution is 2.31. The molecule has 0 aromatic carbocycles. The molecule has 0 unspecified atom stereocenters. The van der Waals surface area contributed by atoms with Crippen molar-refractivity contribution in [1.29, 1.82) is 0 Å². The highest BCUT2D eigenvalue weighted by atomic mass is 28.4. The van der Waals surface area contributed by atoms with E-state index in [9.17, 15) is 4.79 Å². The third kappa shape index (κ3) is 12.7. The first-order valence-corrected chi connectivity index (χ1v) is 12.8. The second-order valence-electron chi connectivity index (χ2n) is 7.21. The van der Waals surface area contributed by atoms with Crippen LogP contribution < -0.4 is 0 Å². The molecule has 0 bridgehead atoms. The van der Waals surface area contributed by atoms with E-state index in [1.807, 2.05) is 0 Å². The van der Waals surface area contributed by atoms with Crippen LogP contribution in [0.2, 0.25) is 18.1 Å². The Labute approximate surface area is 146 Å². The molecule has 0 amide bonds. The number of carbonyl (C=O) groups is 1. The van der Waals surface area contributed by atoms with Gasteiger partial charge in [0, 0.05) is 6.92 Å². The number of rotatable bonds is 16. The Hall–Kier alpha value is -0.313. The molecule has 23 heavy (non-hydrogen) atoms. The predicted molar refractivity (Wildman–Crippen MR) is 104 cm³/mol. The van der Waals surface area contributed by atoms with Crippen molar-refractivity contribution in [2.45, 2.75) is 123 Å². The molecule has 0 radical (unpaired) electrons. The fourth-order valence-electron chi connectivity index (χ4n) is 3.45. The third-order valence-corrected chi connectivity index (χ3v) is 9.33. The zero-order chi connectivity index (χ0) is 17.4. The molecule has 0 aromatic heterocycles. The standard InChI is InChI=1S/C20H42O2Si/c1-5-8-11-14-17-23(22-20(4)21,18-15-12-9-6-2)19-16-13-10-7-3/h5-19H2,1-4H3. The lowest BCUT2D eigenvalue weighted by Gasteiger charge is -2.31. The molecule has 0 heterocycles. The molecule has 0 aliphatic rings. The SMILES string of the molecule is CCCCCC[Si](CCCCCC)(CCCCCC)OC(C)=O. The van der Waals surface area contributed by atoms with Gasteiger partial charge in [-0.3, -0.25) is 4.79 Å². The second kappa shape index (κ2) is 15.2.